The normalized spacial score (nSPS) is 14.7. The maximum absolute atomic E-state index is 5.41. The monoisotopic (exact) mass is 402 g/mol. The van der Waals surface area contributed by atoms with Crippen LogP contribution in [0.25, 0.3) is 0 Å². The number of thiocarbonyl (C=S) groups is 1. The Kier molecular flexibility index (Phi) is 7.52. The maximum Gasteiger partial charge on any atom is 0.170 e. The Morgan fingerprint density at radius 1 is 1.11 bits per heavy atom. The Morgan fingerprint density at radius 3 is 2.59 bits per heavy atom. The van der Waals surface area contributed by atoms with Gasteiger partial charge in [0.05, 0.1) is 26.3 Å². The van der Waals surface area contributed by atoms with Crippen LogP contribution >= 0.6 is 24.0 Å². The molecule has 1 saturated heterocycles. The van der Waals surface area contributed by atoms with Crippen LogP contribution in [0.15, 0.2) is 52.3 Å². The average Bonchev–Trinajstić information content (AvgIpc) is 2.67. The Hall–Kier alpha value is -1.60. The summed E-state index contributed by atoms with van der Waals surface area (Å²) in [6, 6.07) is 15.0. The maximum atomic E-state index is 5.41. The van der Waals surface area contributed by atoms with Crippen LogP contribution in [0.4, 0.5) is 5.69 Å². The van der Waals surface area contributed by atoms with E-state index in [2.05, 4.69) is 66.9 Å². The molecule has 0 unspecified atom stereocenters. The lowest BCUT2D eigenvalue weighted by Gasteiger charge is -2.24. The van der Waals surface area contributed by atoms with Crippen molar-refractivity contribution in [2.45, 2.75) is 23.6 Å². The van der Waals surface area contributed by atoms with E-state index in [1.807, 2.05) is 0 Å². The van der Waals surface area contributed by atoms with Gasteiger partial charge in [-0.15, -0.1) is 0 Å². The van der Waals surface area contributed by atoms with E-state index in [1.54, 1.807) is 16.7 Å². The van der Waals surface area contributed by atoms with E-state index in [-0.39, 0.29) is 0 Å². The average molecular weight is 403 g/mol. The summed E-state index contributed by atoms with van der Waals surface area (Å²) in [5, 5.41) is 7.25. The minimum Gasteiger partial charge on any atom is -0.370 e. The number of aryl methyl sites for hydroxylation is 2. The number of morpholine rings is 1. The molecule has 6 heteroatoms. The molecule has 4 nitrogen and oxygen atoms in total. The molecular weight excluding hydrogens is 374 g/mol. The van der Waals surface area contributed by atoms with E-state index in [0.29, 0.717) is 5.11 Å². The molecule has 0 amide bonds. The van der Waals surface area contributed by atoms with Gasteiger partial charge in [0.25, 0.3) is 0 Å². The molecule has 144 valence electrons. The molecule has 1 fully saturated rings. The van der Waals surface area contributed by atoms with Gasteiger partial charge in [-0.2, -0.15) is 0 Å². The van der Waals surface area contributed by atoms with Crippen LogP contribution in [0.3, 0.4) is 0 Å². The van der Waals surface area contributed by atoms with Gasteiger partial charge in [-0.1, -0.05) is 23.9 Å². The second kappa shape index (κ2) is 10.1. The number of quaternary nitrogens is 1. The highest BCUT2D eigenvalue weighted by molar-refractivity contribution is 7.99. The van der Waals surface area contributed by atoms with Crippen LogP contribution in [0.5, 0.6) is 0 Å². The summed E-state index contributed by atoms with van der Waals surface area (Å²) in [5.41, 5.74) is 3.61. The van der Waals surface area contributed by atoms with Crippen LogP contribution in [-0.2, 0) is 4.74 Å². The van der Waals surface area contributed by atoms with Crippen LogP contribution in [-0.4, -0.2) is 44.5 Å². The summed E-state index contributed by atoms with van der Waals surface area (Å²) in [6.07, 6.45) is 0. The van der Waals surface area contributed by atoms with E-state index < -0.39 is 0 Å². The van der Waals surface area contributed by atoms with Crippen molar-refractivity contribution in [2.24, 2.45) is 0 Å². The summed E-state index contributed by atoms with van der Waals surface area (Å²) >= 11 is 7.21. The Labute approximate surface area is 171 Å². The zero-order valence-electron chi connectivity index (χ0n) is 16.0. The second-order valence-corrected chi connectivity index (χ2v) is 8.41. The molecule has 3 N–H and O–H groups in total. The van der Waals surface area contributed by atoms with Gasteiger partial charge >= 0.3 is 0 Å². The Bertz CT molecular complexity index is 759. The molecule has 2 aromatic carbocycles. The molecule has 0 spiro atoms. The Morgan fingerprint density at radius 2 is 1.85 bits per heavy atom. The molecule has 2 aromatic rings. The van der Waals surface area contributed by atoms with Gasteiger partial charge in [0.1, 0.15) is 13.1 Å². The van der Waals surface area contributed by atoms with Crippen molar-refractivity contribution in [3.05, 3.63) is 53.6 Å². The van der Waals surface area contributed by atoms with E-state index in [1.165, 1.54) is 20.9 Å². The van der Waals surface area contributed by atoms with Gasteiger partial charge in [0.15, 0.2) is 5.11 Å². The molecule has 27 heavy (non-hydrogen) atoms. The highest BCUT2D eigenvalue weighted by Crippen LogP contribution is 2.31. The largest absolute Gasteiger partial charge is 0.370 e. The van der Waals surface area contributed by atoms with Crippen LogP contribution in [0.2, 0.25) is 0 Å². The first kappa shape index (κ1) is 20.1. The number of hydrogen-bond acceptors (Lipinski definition) is 3. The number of rotatable bonds is 6. The first-order chi connectivity index (χ1) is 13.1. The number of nitrogens with one attached hydrogen (secondary N) is 3. The minimum atomic E-state index is 0.678. The summed E-state index contributed by atoms with van der Waals surface area (Å²) in [7, 11) is 0. The molecule has 1 heterocycles. The zero-order chi connectivity index (χ0) is 19.1. The molecule has 0 aromatic heterocycles. The predicted molar refractivity (Wildman–Crippen MR) is 117 cm³/mol. The van der Waals surface area contributed by atoms with Crippen molar-refractivity contribution >= 4 is 34.8 Å². The quantitative estimate of drug-likeness (QED) is 0.648. The topological polar surface area (TPSA) is 37.7 Å². The first-order valence-electron chi connectivity index (χ1n) is 9.41. The van der Waals surface area contributed by atoms with Gasteiger partial charge in [-0.25, -0.2) is 0 Å². The third-order valence-corrected chi connectivity index (χ3v) is 6.06. The van der Waals surface area contributed by atoms with Crippen molar-refractivity contribution in [3.8, 4) is 0 Å². The summed E-state index contributed by atoms with van der Waals surface area (Å²) < 4.78 is 5.38. The molecule has 0 bridgehead atoms. The summed E-state index contributed by atoms with van der Waals surface area (Å²) in [6.45, 7) is 10.1. The third-order valence-electron chi connectivity index (χ3n) is 4.65. The SMILES string of the molecule is Cc1ccc(C)c(Sc2ccc(NC(=S)NCC[NH+]3CCOCC3)cc2)c1. The fourth-order valence-corrected chi connectivity index (χ4v) is 4.21. The summed E-state index contributed by atoms with van der Waals surface area (Å²) in [4.78, 5) is 4.10. The molecule has 0 radical (unpaired) electrons. The fourth-order valence-electron chi connectivity index (χ4n) is 2.99. The standard InChI is InChI=1S/C21H27N3OS2/c1-16-3-4-17(2)20(15-16)27-19-7-5-18(6-8-19)23-21(26)22-9-10-24-11-13-25-14-12-24/h3-8,15H,9-14H2,1-2H3,(H2,22,23,26)/p+1. The van der Waals surface area contributed by atoms with Crippen molar-refractivity contribution in [1.82, 2.24) is 5.32 Å². The zero-order valence-corrected chi connectivity index (χ0v) is 17.6. The number of benzene rings is 2. The van der Waals surface area contributed by atoms with Crippen LogP contribution in [0.1, 0.15) is 11.1 Å². The van der Waals surface area contributed by atoms with E-state index in [4.69, 9.17) is 17.0 Å². The molecule has 3 rings (SSSR count). The summed E-state index contributed by atoms with van der Waals surface area (Å²) in [5.74, 6) is 0. The molecular formula is C21H28N3OS2+. The smallest absolute Gasteiger partial charge is 0.170 e. The highest BCUT2D eigenvalue weighted by atomic mass is 32.2. The van der Waals surface area contributed by atoms with Crippen LogP contribution < -0.4 is 15.5 Å². The van der Waals surface area contributed by atoms with Crippen molar-refractivity contribution < 1.29 is 9.64 Å². The molecule has 0 atom stereocenters. The number of hydrogen-bond donors (Lipinski definition) is 3. The molecule has 1 aliphatic heterocycles. The number of ether oxygens (including phenoxy) is 1. The van der Waals surface area contributed by atoms with E-state index >= 15 is 0 Å². The highest BCUT2D eigenvalue weighted by Gasteiger charge is 2.12. The van der Waals surface area contributed by atoms with Crippen LogP contribution in [0, 0.1) is 13.8 Å². The molecule has 1 aliphatic rings. The lowest BCUT2D eigenvalue weighted by molar-refractivity contribution is -0.906. The van der Waals surface area contributed by atoms with Crippen molar-refractivity contribution in [3.63, 3.8) is 0 Å². The van der Waals surface area contributed by atoms with Gasteiger partial charge < -0.3 is 20.3 Å². The van der Waals surface area contributed by atoms with Gasteiger partial charge in [0.2, 0.25) is 0 Å². The van der Waals surface area contributed by atoms with Gasteiger partial charge in [0, 0.05) is 15.5 Å². The lowest BCUT2D eigenvalue weighted by atomic mass is 10.2. The minimum absolute atomic E-state index is 0.678. The van der Waals surface area contributed by atoms with E-state index in [9.17, 15) is 0 Å². The van der Waals surface area contributed by atoms with Crippen molar-refractivity contribution in [1.29, 1.82) is 0 Å². The first-order valence-corrected chi connectivity index (χ1v) is 10.6. The predicted octanol–water partition coefficient (Wildman–Crippen LogP) is 2.66. The number of anilines is 1. The van der Waals surface area contributed by atoms with Gasteiger partial charge in [-0.3, -0.25) is 0 Å². The third kappa shape index (κ3) is 6.50. The Balaban J connectivity index is 1.45. The second-order valence-electron chi connectivity index (χ2n) is 6.89. The molecule has 0 aliphatic carbocycles. The molecule has 0 saturated carbocycles. The van der Waals surface area contributed by atoms with Crippen molar-refractivity contribution in [2.75, 3.05) is 44.7 Å². The lowest BCUT2D eigenvalue weighted by Crippen LogP contribution is -3.14. The van der Waals surface area contributed by atoms with Gasteiger partial charge in [-0.05, 0) is 67.5 Å². The fraction of sp³-hybridized carbons (Fsp3) is 0.381. The van der Waals surface area contributed by atoms with E-state index in [0.717, 1.165) is 45.1 Å².